The highest BCUT2D eigenvalue weighted by molar-refractivity contribution is 7.11. The second-order valence-corrected chi connectivity index (χ2v) is 6.20. The Bertz CT molecular complexity index is 476. The lowest BCUT2D eigenvalue weighted by Crippen LogP contribution is -2.39. The van der Waals surface area contributed by atoms with Gasteiger partial charge in [-0.2, -0.15) is 0 Å². The van der Waals surface area contributed by atoms with Crippen LogP contribution in [0.15, 0.2) is 4.99 Å². The van der Waals surface area contributed by atoms with E-state index in [0.29, 0.717) is 19.5 Å². The smallest absolute Gasteiger partial charge is 0.223 e. The van der Waals surface area contributed by atoms with Gasteiger partial charge in [-0.15, -0.1) is 11.3 Å². The van der Waals surface area contributed by atoms with Gasteiger partial charge in [0.15, 0.2) is 5.96 Å². The van der Waals surface area contributed by atoms with Gasteiger partial charge in [-0.25, -0.2) is 9.98 Å². The Kier molecular flexibility index (Phi) is 7.14. The molecular weight excluding hydrogens is 286 g/mol. The predicted octanol–water partition coefficient (Wildman–Crippen LogP) is 1.29. The molecule has 0 unspecified atom stereocenters. The highest BCUT2D eigenvalue weighted by Crippen LogP contribution is 2.16. The molecule has 2 N–H and O–H groups in total. The molecular formula is C14H25N5OS. The summed E-state index contributed by atoms with van der Waals surface area (Å²) in [6.07, 6.45) is 0.451. The molecule has 0 aliphatic heterocycles. The molecule has 0 radical (unpaired) electrons. The number of nitrogens with one attached hydrogen (secondary N) is 2. The normalized spacial score (nSPS) is 11.4. The highest BCUT2D eigenvalue weighted by Gasteiger charge is 2.06. The number of rotatable bonds is 6. The minimum atomic E-state index is 0.101. The van der Waals surface area contributed by atoms with Gasteiger partial charge in [0.25, 0.3) is 0 Å². The van der Waals surface area contributed by atoms with Crippen molar-refractivity contribution in [3.05, 3.63) is 15.6 Å². The summed E-state index contributed by atoms with van der Waals surface area (Å²) in [7, 11) is 3.52. The van der Waals surface area contributed by atoms with Crippen molar-refractivity contribution < 1.29 is 4.79 Å². The lowest BCUT2D eigenvalue weighted by Gasteiger charge is -2.13. The highest BCUT2D eigenvalue weighted by atomic mass is 32.1. The van der Waals surface area contributed by atoms with Gasteiger partial charge in [-0.05, 0) is 20.8 Å². The third-order valence-corrected chi connectivity index (χ3v) is 3.98. The Hall–Kier alpha value is -1.63. The lowest BCUT2D eigenvalue weighted by molar-refractivity contribution is -0.128. The van der Waals surface area contributed by atoms with Crippen molar-refractivity contribution in [2.75, 3.05) is 27.2 Å². The number of aryl methyl sites for hydroxylation is 2. The van der Waals surface area contributed by atoms with Crippen LogP contribution in [0.5, 0.6) is 0 Å². The number of carbonyl (C=O) groups excluding carboxylic acids is 1. The summed E-state index contributed by atoms with van der Waals surface area (Å²) in [6.45, 7) is 7.99. The molecule has 0 aliphatic carbocycles. The summed E-state index contributed by atoms with van der Waals surface area (Å²) in [5.41, 5.74) is 1.07. The number of thiazole rings is 1. The number of hydrogen-bond acceptors (Lipinski definition) is 4. The minimum Gasteiger partial charge on any atom is -0.357 e. The molecule has 0 saturated heterocycles. The Morgan fingerprint density at radius 1 is 1.33 bits per heavy atom. The molecule has 0 atom stereocenters. The quantitative estimate of drug-likeness (QED) is 0.613. The second-order valence-electron chi connectivity index (χ2n) is 4.91. The summed E-state index contributed by atoms with van der Waals surface area (Å²) < 4.78 is 0. The molecule has 1 aromatic rings. The van der Waals surface area contributed by atoms with Gasteiger partial charge in [-0.1, -0.05) is 0 Å². The van der Waals surface area contributed by atoms with Gasteiger partial charge >= 0.3 is 0 Å². The van der Waals surface area contributed by atoms with Crippen molar-refractivity contribution in [3.63, 3.8) is 0 Å². The first kappa shape index (κ1) is 17.4. The molecule has 6 nitrogen and oxygen atoms in total. The number of nitrogens with zero attached hydrogens (tertiary/aromatic N) is 3. The maximum atomic E-state index is 11.5. The van der Waals surface area contributed by atoms with Crippen LogP contribution in [0.1, 0.15) is 28.9 Å². The van der Waals surface area contributed by atoms with Gasteiger partial charge in [0, 0.05) is 38.5 Å². The van der Waals surface area contributed by atoms with E-state index in [-0.39, 0.29) is 5.91 Å². The van der Waals surface area contributed by atoms with Gasteiger partial charge in [0.05, 0.1) is 12.2 Å². The van der Waals surface area contributed by atoms with Gasteiger partial charge < -0.3 is 15.5 Å². The van der Waals surface area contributed by atoms with Crippen LogP contribution in [0.3, 0.4) is 0 Å². The standard InChI is InChI=1S/C14H25N5OS/c1-6-15-14(16-8-7-13(20)19(4)5)17-9-12-18-10(2)11(3)21-12/h6-9H2,1-5H3,(H2,15,16,17). The molecule has 7 heteroatoms. The topological polar surface area (TPSA) is 69.6 Å². The molecule has 1 heterocycles. The first-order valence-corrected chi connectivity index (χ1v) is 7.91. The zero-order valence-electron chi connectivity index (χ0n) is 13.5. The molecule has 1 aromatic heterocycles. The molecule has 0 aliphatic rings. The van der Waals surface area contributed by atoms with Crippen LogP contribution in [0.25, 0.3) is 0 Å². The average molecular weight is 311 g/mol. The maximum Gasteiger partial charge on any atom is 0.223 e. The number of carbonyl (C=O) groups is 1. The number of guanidine groups is 1. The average Bonchev–Trinajstić information content (AvgIpc) is 2.74. The van der Waals surface area contributed by atoms with Crippen molar-refractivity contribution in [1.82, 2.24) is 20.5 Å². The third kappa shape index (κ3) is 6.12. The molecule has 21 heavy (non-hydrogen) atoms. The summed E-state index contributed by atoms with van der Waals surface area (Å²) >= 11 is 1.67. The van der Waals surface area contributed by atoms with E-state index in [4.69, 9.17) is 0 Å². The van der Waals surface area contributed by atoms with E-state index in [9.17, 15) is 4.79 Å². The Balaban J connectivity index is 2.51. The van der Waals surface area contributed by atoms with E-state index >= 15 is 0 Å². The van der Waals surface area contributed by atoms with E-state index in [1.165, 1.54) is 4.88 Å². The number of amides is 1. The van der Waals surface area contributed by atoms with Crippen molar-refractivity contribution in [2.24, 2.45) is 4.99 Å². The number of aromatic nitrogens is 1. The van der Waals surface area contributed by atoms with E-state index in [0.717, 1.165) is 23.2 Å². The van der Waals surface area contributed by atoms with Crippen molar-refractivity contribution in [2.45, 2.75) is 33.7 Å². The molecule has 0 bridgehead atoms. The fourth-order valence-electron chi connectivity index (χ4n) is 1.61. The van der Waals surface area contributed by atoms with E-state index < -0.39 is 0 Å². The Morgan fingerprint density at radius 2 is 2.05 bits per heavy atom. The summed E-state index contributed by atoms with van der Waals surface area (Å²) in [5, 5.41) is 7.34. The molecule has 0 saturated carbocycles. The SMILES string of the molecule is CCNC(=NCc1nc(C)c(C)s1)NCCC(=O)N(C)C. The van der Waals surface area contributed by atoms with Crippen molar-refractivity contribution in [1.29, 1.82) is 0 Å². The van der Waals surface area contributed by atoms with Crippen LogP contribution in [-0.4, -0.2) is 48.9 Å². The molecule has 0 spiro atoms. The van der Waals surface area contributed by atoms with E-state index in [2.05, 4.69) is 27.5 Å². The Labute approximate surface area is 130 Å². The first-order chi connectivity index (χ1) is 9.93. The van der Waals surface area contributed by atoms with Crippen molar-refractivity contribution >= 4 is 23.2 Å². The van der Waals surface area contributed by atoms with Crippen LogP contribution in [0.2, 0.25) is 0 Å². The van der Waals surface area contributed by atoms with E-state index in [1.807, 2.05) is 13.8 Å². The van der Waals surface area contributed by atoms with Crippen LogP contribution in [0, 0.1) is 13.8 Å². The Morgan fingerprint density at radius 3 is 2.57 bits per heavy atom. The zero-order valence-corrected chi connectivity index (χ0v) is 14.3. The number of aliphatic imine (C=N–C) groups is 1. The molecule has 1 rings (SSSR count). The molecule has 118 valence electrons. The first-order valence-electron chi connectivity index (χ1n) is 7.09. The summed E-state index contributed by atoms with van der Waals surface area (Å²) in [6, 6.07) is 0. The molecule has 1 amide bonds. The number of hydrogen-bond donors (Lipinski definition) is 2. The second kappa shape index (κ2) is 8.61. The monoisotopic (exact) mass is 311 g/mol. The summed E-state index contributed by atoms with van der Waals surface area (Å²) in [5.74, 6) is 0.819. The van der Waals surface area contributed by atoms with Gasteiger partial charge in [-0.3, -0.25) is 4.79 Å². The fourth-order valence-corrected chi connectivity index (χ4v) is 2.47. The lowest BCUT2D eigenvalue weighted by atomic mass is 10.4. The van der Waals surface area contributed by atoms with Crippen LogP contribution in [0.4, 0.5) is 0 Å². The largest absolute Gasteiger partial charge is 0.357 e. The van der Waals surface area contributed by atoms with Crippen LogP contribution >= 0.6 is 11.3 Å². The van der Waals surface area contributed by atoms with Crippen molar-refractivity contribution in [3.8, 4) is 0 Å². The molecule has 0 fully saturated rings. The predicted molar refractivity (Wildman–Crippen MR) is 87.7 cm³/mol. The fraction of sp³-hybridized carbons (Fsp3) is 0.643. The minimum absolute atomic E-state index is 0.101. The van der Waals surface area contributed by atoms with E-state index in [1.54, 1.807) is 30.3 Å². The third-order valence-electron chi connectivity index (χ3n) is 2.92. The molecule has 0 aromatic carbocycles. The van der Waals surface area contributed by atoms with Crippen LogP contribution in [-0.2, 0) is 11.3 Å². The summed E-state index contributed by atoms with van der Waals surface area (Å²) in [4.78, 5) is 23.3. The maximum absolute atomic E-state index is 11.5. The van der Waals surface area contributed by atoms with Gasteiger partial charge in [0.2, 0.25) is 5.91 Å². The van der Waals surface area contributed by atoms with Gasteiger partial charge in [0.1, 0.15) is 5.01 Å². The van der Waals surface area contributed by atoms with Crippen LogP contribution < -0.4 is 10.6 Å². The zero-order chi connectivity index (χ0) is 15.8.